The number of nitrogens with zero attached hydrogens (tertiary/aromatic N) is 1. The van der Waals surface area contributed by atoms with Crippen molar-refractivity contribution in [3.8, 4) is 0 Å². The van der Waals surface area contributed by atoms with Gasteiger partial charge in [0.1, 0.15) is 5.82 Å². The van der Waals surface area contributed by atoms with Crippen LogP contribution in [0.4, 0.5) is 4.39 Å². The highest BCUT2D eigenvalue weighted by Gasteiger charge is 2.03. The van der Waals surface area contributed by atoms with E-state index < -0.39 is 5.82 Å². The fourth-order valence-electron chi connectivity index (χ4n) is 0.788. The zero-order valence-electron chi connectivity index (χ0n) is 6.05. The third kappa shape index (κ3) is 2.11. The highest BCUT2D eigenvalue weighted by molar-refractivity contribution is 7.78. The first kappa shape index (κ1) is 9.33. The van der Waals surface area contributed by atoms with Gasteiger partial charge in [0.05, 0.1) is 16.7 Å². The van der Waals surface area contributed by atoms with Gasteiger partial charge in [-0.15, -0.1) is 0 Å². The molecule has 0 N–H and O–H groups in total. The average molecular weight is 202 g/mol. The van der Waals surface area contributed by atoms with Gasteiger partial charge in [-0.3, -0.25) is 0 Å². The zero-order valence-corrected chi connectivity index (χ0v) is 7.62. The summed E-state index contributed by atoms with van der Waals surface area (Å²) in [5.74, 6) is -0.436. The molecule has 0 saturated heterocycles. The maximum absolute atomic E-state index is 12.8. The minimum absolute atomic E-state index is 0.103. The van der Waals surface area contributed by atoms with Crippen LogP contribution in [0.1, 0.15) is 5.56 Å². The lowest BCUT2D eigenvalue weighted by molar-refractivity contribution is 0.626. The molecule has 0 atom stereocenters. The van der Waals surface area contributed by atoms with Gasteiger partial charge in [0.25, 0.3) is 0 Å². The van der Waals surface area contributed by atoms with Crippen molar-refractivity contribution >= 4 is 29.0 Å². The van der Waals surface area contributed by atoms with E-state index in [-0.39, 0.29) is 11.6 Å². The molecule has 0 radical (unpaired) electrons. The monoisotopic (exact) mass is 201 g/mol. The van der Waals surface area contributed by atoms with Crippen LogP contribution in [0.25, 0.3) is 0 Å². The minimum Gasteiger partial charge on any atom is -0.228 e. The van der Waals surface area contributed by atoms with E-state index in [1.807, 2.05) is 0 Å². The molecular weight excluding hydrogens is 197 g/mol. The lowest BCUT2D eigenvalue weighted by atomic mass is 10.2. The van der Waals surface area contributed by atoms with Crippen molar-refractivity contribution in [2.45, 2.75) is 6.54 Å². The predicted molar refractivity (Wildman–Crippen MR) is 50.1 cm³/mol. The number of hydrogen-bond donors (Lipinski definition) is 0. The van der Waals surface area contributed by atoms with Crippen LogP contribution >= 0.6 is 23.8 Å². The van der Waals surface area contributed by atoms with Crippen molar-refractivity contribution in [3.05, 3.63) is 34.6 Å². The lowest BCUT2D eigenvalue weighted by Crippen LogP contribution is -1.85. The Kier molecular flexibility index (Phi) is 3.35. The normalized spacial score (nSPS) is 9.17. The van der Waals surface area contributed by atoms with Gasteiger partial charge < -0.3 is 0 Å². The van der Waals surface area contributed by atoms with Crippen LogP contribution in [-0.2, 0) is 6.54 Å². The Morgan fingerprint density at radius 1 is 1.58 bits per heavy atom. The summed E-state index contributed by atoms with van der Waals surface area (Å²) in [6.45, 7) is 0.278. The average Bonchev–Trinajstić information content (AvgIpc) is 2.08. The molecule has 1 rings (SSSR count). The molecule has 62 valence electrons. The second kappa shape index (κ2) is 4.31. The van der Waals surface area contributed by atoms with Crippen LogP contribution in [-0.4, -0.2) is 5.16 Å². The van der Waals surface area contributed by atoms with Gasteiger partial charge in [0.15, 0.2) is 0 Å². The summed E-state index contributed by atoms with van der Waals surface area (Å²) < 4.78 is 12.8. The van der Waals surface area contributed by atoms with Crippen LogP contribution < -0.4 is 0 Å². The molecule has 0 unspecified atom stereocenters. The highest BCUT2D eigenvalue weighted by Crippen LogP contribution is 2.19. The summed E-state index contributed by atoms with van der Waals surface area (Å²) in [4.78, 5) is 3.66. The number of halogens is 2. The molecule has 12 heavy (non-hydrogen) atoms. The fourth-order valence-corrected chi connectivity index (χ4v) is 1.04. The van der Waals surface area contributed by atoms with Gasteiger partial charge >= 0.3 is 0 Å². The molecule has 0 aromatic heterocycles. The van der Waals surface area contributed by atoms with Crippen LogP contribution in [0.2, 0.25) is 5.02 Å². The molecule has 0 bridgehead atoms. The number of thiocarbonyl (C=S) groups is 1. The number of isothiocyanates is 1. The van der Waals surface area contributed by atoms with Crippen molar-refractivity contribution in [3.63, 3.8) is 0 Å². The largest absolute Gasteiger partial charge is 0.228 e. The molecule has 0 saturated carbocycles. The number of benzene rings is 1. The molecule has 0 spiro atoms. The summed E-state index contributed by atoms with van der Waals surface area (Å²) in [6, 6.07) is 4.57. The van der Waals surface area contributed by atoms with Crippen LogP contribution in [0.3, 0.4) is 0 Å². The van der Waals surface area contributed by atoms with Crippen molar-refractivity contribution in [1.82, 2.24) is 0 Å². The van der Waals surface area contributed by atoms with E-state index in [1.54, 1.807) is 12.1 Å². The Hall–Kier alpha value is -0.760. The van der Waals surface area contributed by atoms with E-state index in [2.05, 4.69) is 22.4 Å². The minimum atomic E-state index is -0.436. The Balaban J connectivity index is 2.99. The van der Waals surface area contributed by atoms with Crippen molar-refractivity contribution in [2.24, 2.45) is 4.99 Å². The molecule has 0 aliphatic rings. The third-order valence-electron chi connectivity index (χ3n) is 1.35. The quantitative estimate of drug-likeness (QED) is 0.529. The van der Waals surface area contributed by atoms with Crippen LogP contribution in [0, 0.1) is 5.82 Å². The van der Waals surface area contributed by atoms with Crippen molar-refractivity contribution < 1.29 is 4.39 Å². The molecule has 0 aliphatic heterocycles. The Morgan fingerprint density at radius 2 is 2.33 bits per heavy atom. The first-order valence-electron chi connectivity index (χ1n) is 3.22. The van der Waals surface area contributed by atoms with Crippen molar-refractivity contribution in [2.75, 3.05) is 0 Å². The molecule has 0 amide bonds. The summed E-state index contributed by atoms with van der Waals surface area (Å²) in [5, 5.41) is 2.29. The van der Waals surface area contributed by atoms with Gasteiger partial charge in [-0.2, -0.15) is 0 Å². The second-order valence-electron chi connectivity index (χ2n) is 2.12. The molecule has 1 aromatic rings. The SMILES string of the molecule is Fc1cccc(CN=C=S)c1Cl. The van der Waals surface area contributed by atoms with Gasteiger partial charge in [0, 0.05) is 0 Å². The maximum atomic E-state index is 12.8. The molecule has 0 fully saturated rings. The van der Waals surface area contributed by atoms with E-state index in [1.165, 1.54) is 6.07 Å². The molecule has 1 aromatic carbocycles. The van der Waals surface area contributed by atoms with Gasteiger partial charge in [-0.1, -0.05) is 23.7 Å². The predicted octanol–water partition coefficient (Wildman–Crippen LogP) is 3.08. The summed E-state index contributed by atoms with van der Waals surface area (Å²) in [5.41, 5.74) is 0.619. The lowest BCUT2D eigenvalue weighted by Gasteiger charge is -1.99. The van der Waals surface area contributed by atoms with Gasteiger partial charge in [-0.25, -0.2) is 9.38 Å². The van der Waals surface area contributed by atoms with E-state index in [0.717, 1.165) is 0 Å². The Morgan fingerprint density at radius 3 is 3.00 bits per heavy atom. The van der Waals surface area contributed by atoms with E-state index in [0.29, 0.717) is 5.56 Å². The standard InChI is InChI=1S/C8H5ClFNS/c9-8-6(4-11-5-12)2-1-3-7(8)10/h1-3H,4H2. The number of rotatable bonds is 2. The molecule has 0 aliphatic carbocycles. The van der Waals surface area contributed by atoms with Gasteiger partial charge in [0.2, 0.25) is 0 Å². The molecular formula is C8H5ClFNS. The Bertz CT molecular complexity index is 334. The first-order chi connectivity index (χ1) is 5.75. The Labute approximate surface area is 79.9 Å². The number of hydrogen-bond acceptors (Lipinski definition) is 2. The van der Waals surface area contributed by atoms with Crippen LogP contribution in [0.15, 0.2) is 23.2 Å². The van der Waals surface area contributed by atoms with Gasteiger partial charge in [-0.05, 0) is 23.8 Å². The molecule has 0 heterocycles. The topological polar surface area (TPSA) is 12.4 Å². The van der Waals surface area contributed by atoms with Crippen LogP contribution in [0.5, 0.6) is 0 Å². The third-order valence-corrected chi connectivity index (χ3v) is 1.90. The summed E-state index contributed by atoms with van der Waals surface area (Å²) >= 11 is 10.0. The molecule has 4 heteroatoms. The fraction of sp³-hybridized carbons (Fsp3) is 0.125. The number of aliphatic imine (C=N–C) groups is 1. The zero-order chi connectivity index (χ0) is 8.97. The van der Waals surface area contributed by atoms with E-state index in [4.69, 9.17) is 11.6 Å². The van der Waals surface area contributed by atoms with Crippen molar-refractivity contribution in [1.29, 1.82) is 0 Å². The smallest absolute Gasteiger partial charge is 0.142 e. The second-order valence-corrected chi connectivity index (χ2v) is 2.68. The first-order valence-corrected chi connectivity index (χ1v) is 4.01. The van der Waals surface area contributed by atoms with E-state index in [9.17, 15) is 4.39 Å². The maximum Gasteiger partial charge on any atom is 0.142 e. The van der Waals surface area contributed by atoms with E-state index >= 15 is 0 Å². The molecule has 1 nitrogen and oxygen atoms in total. The highest BCUT2D eigenvalue weighted by atomic mass is 35.5. The summed E-state index contributed by atoms with van der Waals surface area (Å²) in [6.07, 6.45) is 0. The summed E-state index contributed by atoms with van der Waals surface area (Å²) in [7, 11) is 0.